The summed E-state index contributed by atoms with van der Waals surface area (Å²) in [6, 6.07) is 23.6. The summed E-state index contributed by atoms with van der Waals surface area (Å²) < 4.78 is 12.4. The Labute approximate surface area is 190 Å². The highest BCUT2D eigenvalue weighted by molar-refractivity contribution is 6.01. The fourth-order valence-corrected chi connectivity index (χ4v) is 4.93. The molecule has 1 aromatic heterocycles. The van der Waals surface area contributed by atoms with Gasteiger partial charge in [-0.25, -0.2) is 0 Å². The second-order valence-electron chi connectivity index (χ2n) is 8.43. The lowest BCUT2D eigenvalue weighted by molar-refractivity contribution is 0.200. The predicted molar refractivity (Wildman–Crippen MR) is 131 cm³/mol. The van der Waals surface area contributed by atoms with Crippen molar-refractivity contribution >= 4 is 10.8 Å². The zero-order valence-corrected chi connectivity index (χ0v) is 18.8. The molecule has 0 bridgehead atoms. The van der Waals surface area contributed by atoms with Gasteiger partial charge in [-0.1, -0.05) is 73.7 Å². The number of aryl methyl sites for hydroxylation is 1. The molecule has 32 heavy (non-hydrogen) atoms. The quantitative estimate of drug-likeness (QED) is 0.322. The Morgan fingerprint density at radius 3 is 2.31 bits per heavy atom. The first kappa shape index (κ1) is 20.6. The Morgan fingerprint density at radius 1 is 0.844 bits per heavy atom. The molecule has 0 aliphatic heterocycles. The number of pyridine rings is 1. The number of fused-ring (bicyclic) bond motifs is 1. The average Bonchev–Trinajstić information content (AvgIpc) is 3.36. The third-order valence-corrected chi connectivity index (χ3v) is 6.49. The number of aromatic nitrogens is 1. The highest BCUT2D eigenvalue weighted by atomic mass is 16.5. The van der Waals surface area contributed by atoms with Crippen LogP contribution >= 0.6 is 0 Å². The molecule has 0 N–H and O–H groups in total. The second kappa shape index (κ2) is 9.04. The maximum atomic E-state index is 6.39. The van der Waals surface area contributed by atoms with E-state index in [1.165, 1.54) is 34.7 Å². The van der Waals surface area contributed by atoms with E-state index in [9.17, 15) is 0 Å². The van der Waals surface area contributed by atoms with Gasteiger partial charge in [0.25, 0.3) is 0 Å². The molecule has 4 aromatic rings. The zero-order chi connectivity index (χ0) is 21.9. The minimum Gasteiger partial charge on any atom is -0.492 e. The maximum absolute atomic E-state index is 6.39. The molecule has 0 radical (unpaired) electrons. The Balaban J connectivity index is 1.72. The van der Waals surface area contributed by atoms with E-state index < -0.39 is 0 Å². The Bertz CT molecular complexity index is 1240. The van der Waals surface area contributed by atoms with Crippen LogP contribution in [0.2, 0.25) is 0 Å². The van der Waals surface area contributed by atoms with Crippen LogP contribution in [0.25, 0.3) is 33.0 Å². The van der Waals surface area contributed by atoms with E-state index in [2.05, 4.69) is 73.7 Å². The number of hydrogen-bond donors (Lipinski definition) is 0. The van der Waals surface area contributed by atoms with Gasteiger partial charge in [0.15, 0.2) is 11.5 Å². The van der Waals surface area contributed by atoms with Crippen molar-refractivity contribution in [3.63, 3.8) is 0 Å². The first-order chi connectivity index (χ1) is 15.8. The van der Waals surface area contributed by atoms with Crippen LogP contribution in [-0.2, 0) is 6.42 Å². The van der Waals surface area contributed by atoms with Crippen molar-refractivity contribution in [1.29, 1.82) is 0 Å². The summed E-state index contributed by atoms with van der Waals surface area (Å²) in [5.41, 5.74) is 5.58. The number of methoxy groups -OCH3 is 1. The van der Waals surface area contributed by atoms with Crippen LogP contribution in [0.15, 0.2) is 72.9 Å². The molecule has 0 spiro atoms. The molecule has 5 rings (SSSR count). The molecule has 1 aliphatic rings. The van der Waals surface area contributed by atoms with Crippen LogP contribution < -0.4 is 9.47 Å². The number of nitrogens with zero attached hydrogens (tertiary/aromatic N) is 1. The van der Waals surface area contributed by atoms with Gasteiger partial charge in [0.2, 0.25) is 0 Å². The normalized spacial score (nSPS) is 14.1. The monoisotopic (exact) mass is 423 g/mol. The van der Waals surface area contributed by atoms with E-state index in [0.717, 1.165) is 47.6 Å². The summed E-state index contributed by atoms with van der Waals surface area (Å²) in [6.45, 7) is 2.14. The van der Waals surface area contributed by atoms with E-state index in [1.807, 2.05) is 6.20 Å². The Morgan fingerprint density at radius 2 is 1.53 bits per heavy atom. The molecule has 1 saturated carbocycles. The van der Waals surface area contributed by atoms with Crippen molar-refractivity contribution in [1.82, 2.24) is 4.98 Å². The van der Waals surface area contributed by atoms with Crippen molar-refractivity contribution in [3.8, 4) is 33.8 Å². The summed E-state index contributed by atoms with van der Waals surface area (Å²) in [5, 5.41) is 2.48. The van der Waals surface area contributed by atoms with Crippen molar-refractivity contribution in [3.05, 3.63) is 78.6 Å². The lowest BCUT2D eigenvalue weighted by Crippen LogP contribution is -2.12. The SMILES string of the molecule is CCc1ncc(OC2CCCC2)c(OC)c1-c1ccccc1-c1cccc2ccccc12. The third-order valence-electron chi connectivity index (χ3n) is 6.49. The molecule has 3 heteroatoms. The smallest absolute Gasteiger partial charge is 0.180 e. The van der Waals surface area contributed by atoms with Gasteiger partial charge < -0.3 is 9.47 Å². The highest BCUT2D eigenvalue weighted by Crippen LogP contribution is 2.45. The van der Waals surface area contributed by atoms with Crippen molar-refractivity contribution in [2.75, 3.05) is 7.11 Å². The van der Waals surface area contributed by atoms with E-state index in [-0.39, 0.29) is 6.10 Å². The first-order valence-corrected chi connectivity index (χ1v) is 11.6. The highest BCUT2D eigenvalue weighted by Gasteiger charge is 2.24. The van der Waals surface area contributed by atoms with Gasteiger partial charge in [-0.2, -0.15) is 0 Å². The minimum atomic E-state index is 0.249. The molecule has 0 unspecified atom stereocenters. The fourth-order valence-electron chi connectivity index (χ4n) is 4.93. The van der Waals surface area contributed by atoms with Gasteiger partial charge in [-0.05, 0) is 59.6 Å². The molecular formula is C29H29NO2. The molecule has 3 nitrogen and oxygen atoms in total. The number of benzene rings is 3. The molecule has 1 aliphatic carbocycles. The molecule has 0 amide bonds. The summed E-state index contributed by atoms with van der Waals surface area (Å²) in [7, 11) is 1.74. The first-order valence-electron chi connectivity index (χ1n) is 11.6. The minimum absolute atomic E-state index is 0.249. The number of hydrogen-bond acceptors (Lipinski definition) is 3. The summed E-state index contributed by atoms with van der Waals surface area (Å²) in [4.78, 5) is 4.82. The lowest BCUT2D eigenvalue weighted by Gasteiger charge is -2.21. The predicted octanol–water partition coefficient (Wildman–Crippen LogP) is 7.46. The molecule has 1 heterocycles. The van der Waals surface area contributed by atoms with E-state index in [0.29, 0.717) is 0 Å². The van der Waals surface area contributed by atoms with Gasteiger partial charge in [-0.15, -0.1) is 0 Å². The van der Waals surface area contributed by atoms with Gasteiger partial charge in [0, 0.05) is 5.56 Å². The van der Waals surface area contributed by atoms with Gasteiger partial charge >= 0.3 is 0 Å². The van der Waals surface area contributed by atoms with Crippen LogP contribution in [0, 0.1) is 0 Å². The Hall–Kier alpha value is -3.33. The summed E-state index contributed by atoms with van der Waals surface area (Å²) in [6.07, 6.45) is 7.56. The second-order valence-corrected chi connectivity index (χ2v) is 8.43. The Kier molecular flexibility index (Phi) is 5.81. The standard InChI is InChI=1S/C29H29NO2/c1-3-26-28(29(31-2)27(19-30-26)32-21-13-5-6-14-21)25-17-9-8-16-24(25)23-18-10-12-20-11-4-7-15-22(20)23/h4,7-12,15-19,21H,3,5-6,13-14H2,1-2H3. The van der Waals surface area contributed by atoms with Crippen LogP contribution in [-0.4, -0.2) is 18.2 Å². The van der Waals surface area contributed by atoms with Crippen LogP contribution in [0.4, 0.5) is 0 Å². The molecule has 162 valence electrons. The maximum Gasteiger partial charge on any atom is 0.180 e. The average molecular weight is 424 g/mol. The molecule has 0 saturated heterocycles. The third kappa shape index (κ3) is 3.73. The lowest BCUT2D eigenvalue weighted by atomic mass is 9.90. The zero-order valence-electron chi connectivity index (χ0n) is 18.8. The van der Waals surface area contributed by atoms with Crippen LogP contribution in [0.3, 0.4) is 0 Å². The number of ether oxygens (including phenoxy) is 2. The van der Waals surface area contributed by atoms with Crippen molar-refractivity contribution in [2.45, 2.75) is 45.1 Å². The van der Waals surface area contributed by atoms with Crippen molar-refractivity contribution in [2.24, 2.45) is 0 Å². The number of rotatable bonds is 6. The molecule has 0 atom stereocenters. The summed E-state index contributed by atoms with van der Waals surface area (Å²) in [5.74, 6) is 1.54. The molecular weight excluding hydrogens is 394 g/mol. The largest absolute Gasteiger partial charge is 0.492 e. The van der Waals surface area contributed by atoms with E-state index in [4.69, 9.17) is 14.5 Å². The summed E-state index contributed by atoms with van der Waals surface area (Å²) >= 11 is 0. The molecule has 3 aromatic carbocycles. The van der Waals surface area contributed by atoms with E-state index in [1.54, 1.807) is 7.11 Å². The van der Waals surface area contributed by atoms with E-state index >= 15 is 0 Å². The molecule has 1 fully saturated rings. The topological polar surface area (TPSA) is 31.4 Å². The van der Waals surface area contributed by atoms with Crippen LogP contribution in [0.1, 0.15) is 38.3 Å². The van der Waals surface area contributed by atoms with Gasteiger partial charge in [0.05, 0.1) is 25.1 Å². The van der Waals surface area contributed by atoms with Gasteiger partial charge in [0.1, 0.15) is 0 Å². The van der Waals surface area contributed by atoms with Crippen LogP contribution in [0.5, 0.6) is 11.5 Å². The van der Waals surface area contributed by atoms with Crippen molar-refractivity contribution < 1.29 is 9.47 Å². The van der Waals surface area contributed by atoms with Gasteiger partial charge in [-0.3, -0.25) is 4.98 Å². The fraction of sp³-hybridized carbons (Fsp3) is 0.276.